The minimum absolute atomic E-state index is 0.0711. The molecule has 1 unspecified atom stereocenters. The second kappa shape index (κ2) is 5.63. The van der Waals surface area contributed by atoms with Gasteiger partial charge in [-0.05, 0) is 22.9 Å². The quantitative estimate of drug-likeness (QED) is 0.639. The van der Waals surface area contributed by atoms with Gasteiger partial charge in [0.05, 0.1) is 17.0 Å². The summed E-state index contributed by atoms with van der Waals surface area (Å²) in [7, 11) is 1.87. The highest BCUT2D eigenvalue weighted by Gasteiger charge is 2.15. The molecule has 0 amide bonds. The summed E-state index contributed by atoms with van der Waals surface area (Å²) in [6.45, 7) is 1.95. The third-order valence-electron chi connectivity index (χ3n) is 2.24. The summed E-state index contributed by atoms with van der Waals surface area (Å²) in [4.78, 5) is 10.1. The van der Waals surface area contributed by atoms with Crippen molar-refractivity contribution in [1.29, 1.82) is 5.26 Å². The maximum absolute atomic E-state index is 8.65. The van der Waals surface area contributed by atoms with Crippen molar-refractivity contribution in [2.24, 2.45) is 5.84 Å². The number of hydrazine groups is 1. The van der Waals surface area contributed by atoms with E-state index in [-0.39, 0.29) is 6.04 Å². The number of nitrogens with one attached hydrogen (secondary N) is 1. The van der Waals surface area contributed by atoms with Crippen LogP contribution in [-0.4, -0.2) is 23.1 Å². The lowest BCUT2D eigenvalue weighted by molar-refractivity contribution is 0.691. The van der Waals surface area contributed by atoms with Crippen molar-refractivity contribution in [3.63, 3.8) is 0 Å². The molecule has 1 aromatic rings. The van der Waals surface area contributed by atoms with Gasteiger partial charge in [0.2, 0.25) is 5.95 Å². The van der Waals surface area contributed by atoms with E-state index in [2.05, 4.69) is 37.4 Å². The summed E-state index contributed by atoms with van der Waals surface area (Å²) in [6.07, 6.45) is 2.05. The standard InChI is InChI=1S/C9H13BrN6/c1-6(3-4-11)16(2)8-7(10)5-13-9(14-8)15-12/h5-6H,3,12H2,1-2H3,(H,13,14,15). The van der Waals surface area contributed by atoms with Crippen LogP contribution in [0.25, 0.3) is 0 Å². The van der Waals surface area contributed by atoms with E-state index in [9.17, 15) is 0 Å². The lowest BCUT2D eigenvalue weighted by Crippen LogP contribution is -2.30. The number of nitriles is 1. The zero-order valence-electron chi connectivity index (χ0n) is 9.11. The number of rotatable bonds is 4. The van der Waals surface area contributed by atoms with Gasteiger partial charge in [0.15, 0.2) is 0 Å². The van der Waals surface area contributed by atoms with Crippen molar-refractivity contribution in [2.45, 2.75) is 19.4 Å². The molecule has 0 saturated carbocycles. The molecular formula is C9H13BrN6. The van der Waals surface area contributed by atoms with E-state index >= 15 is 0 Å². The van der Waals surface area contributed by atoms with Gasteiger partial charge in [-0.25, -0.2) is 10.8 Å². The molecule has 0 fully saturated rings. The minimum atomic E-state index is 0.0711. The molecule has 1 heterocycles. The Balaban J connectivity index is 2.98. The molecule has 86 valence electrons. The smallest absolute Gasteiger partial charge is 0.239 e. The van der Waals surface area contributed by atoms with Crippen molar-refractivity contribution < 1.29 is 0 Å². The molecule has 0 aliphatic rings. The third-order valence-corrected chi connectivity index (χ3v) is 2.80. The van der Waals surface area contributed by atoms with E-state index in [1.54, 1.807) is 6.20 Å². The van der Waals surface area contributed by atoms with Gasteiger partial charge in [-0.15, -0.1) is 0 Å². The molecule has 0 spiro atoms. The lowest BCUT2D eigenvalue weighted by atomic mass is 10.2. The fourth-order valence-electron chi connectivity index (χ4n) is 1.15. The van der Waals surface area contributed by atoms with Crippen molar-refractivity contribution in [1.82, 2.24) is 9.97 Å². The summed E-state index contributed by atoms with van der Waals surface area (Å²) in [5.74, 6) is 6.28. The fourth-order valence-corrected chi connectivity index (χ4v) is 1.62. The van der Waals surface area contributed by atoms with Crippen LogP contribution < -0.4 is 16.2 Å². The molecule has 0 aromatic carbocycles. The highest BCUT2D eigenvalue weighted by atomic mass is 79.9. The van der Waals surface area contributed by atoms with Crippen LogP contribution in [0.15, 0.2) is 10.7 Å². The Bertz CT molecular complexity index is 401. The van der Waals surface area contributed by atoms with Gasteiger partial charge in [0.1, 0.15) is 5.82 Å². The average Bonchev–Trinajstić information content (AvgIpc) is 2.29. The van der Waals surface area contributed by atoms with Gasteiger partial charge in [-0.2, -0.15) is 10.2 Å². The van der Waals surface area contributed by atoms with E-state index in [0.29, 0.717) is 18.2 Å². The van der Waals surface area contributed by atoms with Gasteiger partial charge in [0, 0.05) is 19.3 Å². The predicted octanol–water partition coefficient (Wildman–Crippen LogP) is 1.26. The molecule has 1 aromatic heterocycles. The number of anilines is 2. The molecule has 1 rings (SSSR count). The van der Waals surface area contributed by atoms with Crippen molar-refractivity contribution in [2.75, 3.05) is 17.4 Å². The maximum Gasteiger partial charge on any atom is 0.239 e. The molecule has 0 saturated heterocycles. The summed E-state index contributed by atoms with van der Waals surface area (Å²) < 4.78 is 0.763. The Morgan fingerprint density at radius 2 is 2.44 bits per heavy atom. The van der Waals surface area contributed by atoms with Crippen LogP contribution in [0.3, 0.4) is 0 Å². The van der Waals surface area contributed by atoms with Crippen LogP contribution in [-0.2, 0) is 0 Å². The highest BCUT2D eigenvalue weighted by molar-refractivity contribution is 9.10. The topological polar surface area (TPSA) is 90.9 Å². The van der Waals surface area contributed by atoms with E-state index in [1.807, 2.05) is 18.9 Å². The van der Waals surface area contributed by atoms with Crippen LogP contribution in [0.2, 0.25) is 0 Å². The Labute approximate surface area is 103 Å². The van der Waals surface area contributed by atoms with Crippen LogP contribution in [0.5, 0.6) is 0 Å². The first-order valence-corrected chi connectivity index (χ1v) is 5.48. The first kappa shape index (κ1) is 12.7. The number of hydrogen-bond acceptors (Lipinski definition) is 6. The number of hydrogen-bond donors (Lipinski definition) is 2. The summed E-state index contributed by atoms with van der Waals surface area (Å²) in [6, 6.07) is 2.20. The summed E-state index contributed by atoms with van der Waals surface area (Å²) in [5.41, 5.74) is 2.39. The van der Waals surface area contributed by atoms with Crippen LogP contribution in [0, 0.1) is 11.3 Å². The Hall–Kier alpha value is -1.39. The Kier molecular flexibility index (Phi) is 4.46. The van der Waals surface area contributed by atoms with E-state index in [1.165, 1.54) is 0 Å². The van der Waals surface area contributed by atoms with E-state index in [4.69, 9.17) is 11.1 Å². The van der Waals surface area contributed by atoms with Crippen LogP contribution >= 0.6 is 15.9 Å². The normalized spacial score (nSPS) is 11.7. The van der Waals surface area contributed by atoms with E-state index < -0.39 is 0 Å². The summed E-state index contributed by atoms with van der Waals surface area (Å²) in [5, 5.41) is 8.65. The lowest BCUT2D eigenvalue weighted by Gasteiger charge is -2.25. The zero-order chi connectivity index (χ0) is 12.1. The molecule has 6 nitrogen and oxygen atoms in total. The van der Waals surface area contributed by atoms with Gasteiger partial charge < -0.3 is 4.90 Å². The monoisotopic (exact) mass is 284 g/mol. The predicted molar refractivity (Wildman–Crippen MR) is 65.6 cm³/mol. The molecule has 0 radical (unpaired) electrons. The highest BCUT2D eigenvalue weighted by Crippen LogP contribution is 2.25. The number of nitrogens with zero attached hydrogens (tertiary/aromatic N) is 4. The molecule has 7 heteroatoms. The van der Waals surface area contributed by atoms with Crippen molar-refractivity contribution in [3.05, 3.63) is 10.7 Å². The fraction of sp³-hybridized carbons (Fsp3) is 0.444. The Morgan fingerprint density at radius 1 is 1.75 bits per heavy atom. The number of halogens is 1. The van der Waals surface area contributed by atoms with Gasteiger partial charge >= 0.3 is 0 Å². The first-order chi connectivity index (χ1) is 7.60. The second-order valence-electron chi connectivity index (χ2n) is 3.33. The largest absolute Gasteiger partial charge is 0.355 e. The third kappa shape index (κ3) is 2.81. The molecule has 1 atom stereocenters. The average molecular weight is 285 g/mol. The van der Waals surface area contributed by atoms with Crippen molar-refractivity contribution >= 4 is 27.7 Å². The SMILES string of the molecule is CC(CC#N)N(C)c1nc(NN)ncc1Br. The van der Waals surface area contributed by atoms with Crippen molar-refractivity contribution in [3.8, 4) is 6.07 Å². The molecule has 0 aliphatic carbocycles. The number of aromatic nitrogens is 2. The van der Waals surface area contributed by atoms with Crippen LogP contribution in [0.4, 0.5) is 11.8 Å². The zero-order valence-corrected chi connectivity index (χ0v) is 10.7. The number of nitrogen functional groups attached to an aromatic ring is 1. The first-order valence-electron chi connectivity index (χ1n) is 4.69. The summed E-state index contributed by atoms with van der Waals surface area (Å²) >= 11 is 3.36. The van der Waals surface area contributed by atoms with E-state index in [0.717, 1.165) is 4.47 Å². The number of nitrogens with two attached hydrogens (primary N) is 1. The molecule has 3 N–H and O–H groups in total. The van der Waals surface area contributed by atoms with Crippen LogP contribution in [0.1, 0.15) is 13.3 Å². The van der Waals surface area contributed by atoms with Gasteiger partial charge in [-0.3, -0.25) is 5.43 Å². The maximum atomic E-state index is 8.65. The van der Waals surface area contributed by atoms with Gasteiger partial charge in [-0.1, -0.05) is 0 Å². The molecular weight excluding hydrogens is 272 g/mol. The second-order valence-corrected chi connectivity index (χ2v) is 4.19. The molecule has 0 aliphatic heterocycles. The minimum Gasteiger partial charge on any atom is -0.355 e. The molecule has 16 heavy (non-hydrogen) atoms. The molecule has 0 bridgehead atoms. The Morgan fingerprint density at radius 3 is 3.00 bits per heavy atom. The van der Waals surface area contributed by atoms with Gasteiger partial charge in [0.25, 0.3) is 0 Å².